The lowest BCUT2D eigenvalue weighted by Gasteiger charge is -2.14. The van der Waals surface area contributed by atoms with Gasteiger partial charge in [-0.3, -0.25) is 19.4 Å². The second-order valence-corrected chi connectivity index (χ2v) is 8.39. The van der Waals surface area contributed by atoms with Crippen molar-refractivity contribution in [3.8, 4) is 0 Å². The topological polar surface area (TPSA) is 97.4 Å². The van der Waals surface area contributed by atoms with Gasteiger partial charge in [0.1, 0.15) is 17.4 Å². The van der Waals surface area contributed by atoms with E-state index in [0.29, 0.717) is 37.3 Å². The van der Waals surface area contributed by atoms with Crippen LogP contribution in [0, 0.1) is 11.6 Å². The molecule has 0 saturated carbocycles. The number of ether oxygens (including phenoxy) is 1. The summed E-state index contributed by atoms with van der Waals surface area (Å²) in [7, 11) is 0. The number of hydrogen-bond donors (Lipinski definition) is 2. The van der Waals surface area contributed by atoms with E-state index >= 15 is 0 Å². The van der Waals surface area contributed by atoms with Gasteiger partial charge in [-0.2, -0.15) is 0 Å². The Kier molecular flexibility index (Phi) is 9.83. The zero-order valence-corrected chi connectivity index (χ0v) is 20.8. The number of rotatable bonds is 12. The Morgan fingerprint density at radius 2 is 1.70 bits per heavy atom. The van der Waals surface area contributed by atoms with Crippen LogP contribution >= 0.6 is 0 Å². The average molecular weight is 510 g/mol. The maximum Gasteiger partial charge on any atom is 0.306 e. The van der Waals surface area contributed by atoms with Gasteiger partial charge in [0.05, 0.1) is 23.5 Å². The quantitative estimate of drug-likeness (QED) is 0.301. The largest absolute Gasteiger partial charge is 0.466 e. The molecule has 1 amide bonds. The molecule has 0 atom stereocenters. The van der Waals surface area contributed by atoms with Gasteiger partial charge in [0.15, 0.2) is 0 Å². The van der Waals surface area contributed by atoms with Crippen molar-refractivity contribution in [1.29, 1.82) is 0 Å². The molecule has 2 N–H and O–H groups in total. The molecule has 0 fully saturated rings. The third kappa shape index (κ3) is 8.20. The molecular weight excluding hydrogens is 480 g/mol. The molecule has 0 aliphatic carbocycles. The number of nitrogens with one attached hydrogen (secondary N) is 2. The fraction of sp³-hybridized carbons (Fsp3) is 0.286. The van der Waals surface area contributed by atoms with Gasteiger partial charge < -0.3 is 15.4 Å². The number of amides is 1. The first-order chi connectivity index (χ1) is 17.8. The van der Waals surface area contributed by atoms with E-state index in [2.05, 4.69) is 15.6 Å². The van der Waals surface area contributed by atoms with Crippen LogP contribution in [0.3, 0.4) is 0 Å². The third-order valence-electron chi connectivity index (χ3n) is 5.45. The lowest BCUT2D eigenvalue weighted by atomic mass is 10.1. The van der Waals surface area contributed by atoms with Gasteiger partial charge in [0, 0.05) is 42.9 Å². The monoisotopic (exact) mass is 509 g/mol. The maximum absolute atomic E-state index is 14.3. The minimum atomic E-state index is -0.829. The van der Waals surface area contributed by atoms with Crippen molar-refractivity contribution < 1.29 is 27.9 Å². The van der Waals surface area contributed by atoms with Crippen LogP contribution in [0.5, 0.6) is 0 Å². The van der Waals surface area contributed by atoms with Gasteiger partial charge in [0.2, 0.25) is 0 Å². The summed E-state index contributed by atoms with van der Waals surface area (Å²) in [5.74, 6) is -2.35. The van der Waals surface area contributed by atoms with Crippen molar-refractivity contribution in [2.75, 3.05) is 17.2 Å². The number of aryl methyl sites for hydroxylation is 1. The number of benzene rings is 2. The highest BCUT2D eigenvalue weighted by atomic mass is 19.1. The Morgan fingerprint density at radius 1 is 0.946 bits per heavy atom. The number of carbonyl (C=O) groups excluding carboxylic acids is 3. The third-order valence-corrected chi connectivity index (χ3v) is 5.45. The minimum absolute atomic E-state index is 0.00541. The Hall–Kier alpha value is -4.14. The zero-order valence-electron chi connectivity index (χ0n) is 20.8. The number of nitrogens with zero attached hydrogens (tertiary/aromatic N) is 1. The molecule has 7 nitrogen and oxygen atoms in total. The molecule has 37 heavy (non-hydrogen) atoms. The van der Waals surface area contributed by atoms with Crippen LogP contribution in [0.4, 0.5) is 25.8 Å². The van der Waals surface area contributed by atoms with Gasteiger partial charge >= 0.3 is 5.97 Å². The summed E-state index contributed by atoms with van der Waals surface area (Å²) in [6, 6.07) is 11.6. The normalized spacial score (nSPS) is 10.6. The molecule has 1 heterocycles. The predicted octanol–water partition coefficient (Wildman–Crippen LogP) is 5.76. The molecule has 0 unspecified atom stereocenters. The average Bonchev–Trinajstić information content (AvgIpc) is 2.86. The van der Waals surface area contributed by atoms with Crippen LogP contribution in [0.1, 0.15) is 54.7 Å². The molecule has 1 aromatic heterocycles. The number of aromatic nitrogens is 1. The molecule has 194 valence electrons. The molecule has 0 spiro atoms. The Balaban J connectivity index is 1.79. The molecule has 3 aromatic rings. The van der Waals surface area contributed by atoms with E-state index < -0.39 is 17.5 Å². The highest BCUT2D eigenvalue weighted by molar-refractivity contribution is 6.08. The van der Waals surface area contributed by atoms with Crippen molar-refractivity contribution in [3.05, 3.63) is 83.2 Å². The van der Waals surface area contributed by atoms with Gasteiger partial charge in [0.25, 0.3) is 5.91 Å². The molecule has 0 aliphatic heterocycles. The van der Waals surface area contributed by atoms with E-state index in [1.165, 1.54) is 18.3 Å². The second-order valence-electron chi connectivity index (χ2n) is 8.39. The van der Waals surface area contributed by atoms with Gasteiger partial charge in [-0.15, -0.1) is 0 Å². The minimum Gasteiger partial charge on any atom is -0.466 e. The highest BCUT2D eigenvalue weighted by Crippen LogP contribution is 2.26. The molecule has 2 aromatic carbocycles. The van der Waals surface area contributed by atoms with E-state index in [1.54, 1.807) is 31.2 Å². The summed E-state index contributed by atoms with van der Waals surface area (Å²) in [6.07, 6.45) is 3.26. The fourth-order valence-corrected chi connectivity index (χ4v) is 3.62. The highest BCUT2D eigenvalue weighted by Gasteiger charge is 2.17. The predicted molar refractivity (Wildman–Crippen MR) is 137 cm³/mol. The summed E-state index contributed by atoms with van der Waals surface area (Å²) in [4.78, 5) is 41.0. The number of carbonyl (C=O) groups is 3. The summed E-state index contributed by atoms with van der Waals surface area (Å²) in [5.41, 5.74) is 2.14. The Morgan fingerprint density at radius 3 is 2.38 bits per heavy atom. The lowest BCUT2D eigenvalue weighted by molar-refractivity contribution is -0.143. The number of esters is 1. The molecule has 0 radical (unpaired) electrons. The van der Waals surface area contributed by atoms with Crippen molar-refractivity contribution in [2.45, 2.75) is 46.0 Å². The van der Waals surface area contributed by atoms with Crippen molar-refractivity contribution in [3.63, 3.8) is 0 Å². The van der Waals surface area contributed by atoms with Crippen LogP contribution in [0.2, 0.25) is 0 Å². The summed E-state index contributed by atoms with van der Waals surface area (Å²) >= 11 is 0. The van der Waals surface area contributed by atoms with Gasteiger partial charge in [-0.25, -0.2) is 8.78 Å². The first kappa shape index (κ1) is 27.4. The number of hydrogen-bond acceptors (Lipinski definition) is 6. The van der Waals surface area contributed by atoms with Gasteiger partial charge in [-0.05, 0) is 55.7 Å². The van der Waals surface area contributed by atoms with Gasteiger partial charge in [-0.1, -0.05) is 19.1 Å². The van der Waals surface area contributed by atoms with E-state index in [0.717, 1.165) is 17.7 Å². The summed E-state index contributed by atoms with van der Waals surface area (Å²) in [6.45, 7) is 3.98. The van der Waals surface area contributed by atoms with Crippen molar-refractivity contribution in [2.24, 2.45) is 0 Å². The molecule has 0 aliphatic rings. The van der Waals surface area contributed by atoms with E-state index in [4.69, 9.17) is 4.74 Å². The standard InChI is InChI=1S/C28H29F2N3O4/c1-3-5-22(34)15-21-16-26(33-25-12-9-19(29)14-24(25)30)23(17-31-21)28(36)32-20-10-6-18(7-11-20)8-13-27(35)37-4-2/h6-7,9-12,14,16-17H,3-5,8,13,15H2,1-2H3,(H,31,33)(H,32,36). The first-order valence-electron chi connectivity index (χ1n) is 12.1. The van der Waals surface area contributed by atoms with Crippen molar-refractivity contribution in [1.82, 2.24) is 4.98 Å². The van der Waals surface area contributed by atoms with E-state index in [1.807, 2.05) is 6.92 Å². The lowest BCUT2D eigenvalue weighted by Crippen LogP contribution is -2.16. The number of anilines is 3. The molecular formula is C28H29F2N3O4. The zero-order chi connectivity index (χ0) is 26.8. The summed E-state index contributed by atoms with van der Waals surface area (Å²) < 4.78 is 32.6. The number of Topliss-reactive ketones (excluding diaryl/α,β-unsaturated/α-hetero) is 1. The number of halogens is 2. The second kappa shape index (κ2) is 13.2. The van der Waals surface area contributed by atoms with Crippen LogP contribution in [0.25, 0.3) is 0 Å². The SMILES string of the molecule is CCCC(=O)Cc1cc(Nc2ccc(F)cc2F)c(C(=O)Nc2ccc(CCC(=O)OCC)cc2)cn1. The van der Waals surface area contributed by atoms with Crippen molar-refractivity contribution >= 4 is 34.7 Å². The molecule has 3 rings (SSSR count). The van der Waals surface area contributed by atoms with Crippen LogP contribution in [0.15, 0.2) is 54.7 Å². The van der Waals surface area contributed by atoms with E-state index in [-0.39, 0.29) is 41.5 Å². The smallest absolute Gasteiger partial charge is 0.306 e. The molecule has 0 saturated heterocycles. The Labute approximate surface area is 214 Å². The number of ketones is 1. The van der Waals surface area contributed by atoms with Crippen LogP contribution < -0.4 is 10.6 Å². The van der Waals surface area contributed by atoms with Crippen LogP contribution in [-0.2, 0) is 27.2 Å². The number of pyridine rings is 1. The Bertz CT molecular complexity index is 1260. The van der Waals surface area contributed by atoms with Crippen LogP contribution in [-0.4, -0.2) is 29.3 Å². The first-order valence-corrected chi connectivity index (χ1v) is 12.1. The molecule has 0 bridgehead atoms. The fourth-order valence-electron chi connectivity index (χ4n) is 3.62. The summed E-state index contributed by atoms with van der Waals surface area (Å²) in [5, 5.41) is 5.60. The van der Waals surface area contributed by atoms with E-state index in [9.17, 15) is 23.2 Å². The molecule has 9 heteroatoms. The maximum atomic E-state index is 14.3.